The molecule has 11 heteroatoms. The number of carbonyl (C=O) groups excluding carboxylic acids is 3. The molecular formula is C29H38N2O9. The summed E-state index contributed by atoms with van der Waals surface area (Å²) in [6.07, 6.45) is 7.45. The van der Waals surface area contributed by atoms with E-state index in [1.807, 2.05) is 0 Å². The van der Waals surface area contributed by atoms with Gasteiger partial charge in [0.15, 0.2) is 24.2 Å². The molecule has 40 heavy (non-hydrogen) atoms. The molecule has 3 rings (SSSR count). The lowest BCUT2D eigenvalue weighted by atomic mass is 10.1. The number of hydrogen-bond donors (Lipinski definition) is 0. The van der Waals surface area contributed by atoms with Gasteiger partial charge in [0.2, 0.25) is 5.71 Å². The number of esters is 3. The van der Waals surface area contributed by atoms with E-state index in [2.05, 4.69) is 23.7 Å². The van der Waals surface area contributed by atoms with Crippen LogP contribution in [-0.4, -0.2) is 52.4 Å². The lowest BCUT2D eigenvalue weighted by Gasteiger charge is -2.23. The minimum absolute atomic E-state index is 0.104. The maximum absolute atomic E-state index is 12.9. The summed E-state index contributed by atoms with van der Waals surface area (Å²) in [6, 6.07) is 1.66. The van der Waals surface area contributed by atoms with Crippen LogP contribution in [0.4, 0.5) is 0 Å². The van der Waals surface area contributed by atoms with Crippen LogP contribution in [0, 0.1) is 11.8 Å². The standard InChI is InChI=1S/C29H38N2O9/c1-5-6-7-8-9-10-11-12-13-14-15-23-16-22-17-31(29(35)30-27(22)39-23)28-26(38-21(4)34)25(37-20(3)33)24(40-28)18-36-19(2)32/h16-17,24-26,28H,5-13,18H2,1-4H3/t24-,25-,26-,28-/m1/s1. The van der Waals surface area contributed by atoms with E-state index in [0.717, 1.165) is 23.8 Å². The minimum Gasteiger partial charge on any atom is -0.463 e. The molecule has 0 spiro atoms. The van der Waals surface area contributed by atoms with Gasteiger partial charge in [-0.1, -0.05) is 57.8 Å². The van der Waals surface area contributed by atoms with Gasteiger partial charge < -0.3 is 23.4 Å². The molecule has 0 bridgehead atoms. The van der Waals surface area contributed by atoms with Gasteiger partial charge in [0.25, 0.3) is 0 Å². The monoisotopic (exact) mass is 558 g/mol. The molecule has 218 valence electrons. The maximum Gasteiger partial charge on any atom is 0.353 e. The van der Waals surface area contributed by atoms with E-state index in [9.17, 15) is 19.2 Å². The Morgan fingerprint density at radius 3 is 2.25 bits per heavy atom. The van der Waals surface area contributed by atoms with Crippen LogP contribution in [0.2, 0.25) is 0 Å². The van der Waals surface area contributed by atoms with Crippen molar-refractivity contribution in [2.45, 2.75) is 110 Å². The molecule has 3 heterocycles. The molecule has 1 saturated heterocycles. The molecule has 4 atom stereocenters. The van der Waals surface area contributed by atoms with E-state index in [-0.39, 0.29) is 12.3 Å². The molecule has 0 aliphatic carbocycles. The van der Waals surface area contributed by atoms with Crippen molar-refractivity contribution >= 4 is 29.0 Å². The molecule has 11 nitrogen and oxygen atoms in total. The van der Waals surface area contributed by atoms with Crippen LogP contribution in [0.1, 0.15) is 97.5 Å². The summed E-state index contributed by atoms with van der Waals surface area (Å²) in [4.78, 5) is 52.0. The lowest BCUT2D eigenvalue weighted by Crippen LogP contribution is -2.41. The second-order valence-corrected chi connectivity index (χ2v) is 9.84. The number of ether oxygens (including phenoxy) is 4. The number of carbonyl (C=O) groups is 3. The molecule has 1 fully saturated rings. The summed E-state index contributed by atoms with van der Waals surface area (Å²) < 4.78 is 28.5. The van der Waals surface area contributed by atoms with Gasteiger partial charge >= 0.3 is 23.6 Å². The topological polar surface area (TPSA) is 136 Å². The van der Waals surface area contributed by atoms with Crippen LogP contribution in [0.15, 0.2) is 21.5 Å². The Hall–Kier alpha value is -3.65. The molecule has 1 aliphatic rings. The summed E-state index contributed by atoms with van der Waals surface area (Å²) in [5.41, 5.74) is -0.634. The van der Waals surface area contributed by atoms with E-state index in [4.69, 9.17) is 23.4 Å². The maximum atomic E-state index is 12.9. The SMILES string of the molecule is CCCCCCCCCCC#Cc1cc2cn([C@@H]3O[C@H](COC(C)=O)[C@@H](OC(C)=O)[C@H]3OC(C)=O)c(=O)nc2o1. The van der Waals surface area contributed by atoms with Crippen LogP contribution >= 0.6 is 0 Å². The van der Waals surface area contributed by atoms with Gasteiger partial charge in [-0.25, -0.2) is 4.79 Å². The lowest BCUT2D eigenvalue weighted by molar-refractivity contribution is -0.166. The van der Waals surface area contributed by atoms with Crippen LogP contribution in [-0.2, 0) is 33.3 Å². The minimum atomic E-state index is -1.20. The molecule has 0 N–H and O–H groups in total. The molecule has 0 radical (unpaired) electrons. The highest BCUT2D eigenvalue weighted by Crippen LogP contribution is 2.34. The van der Waals surface area contributed by atoms with Crippen LogP contribution in [0.25, 0.3) is 11.1 Å². The Balaban J connectivity index is 1.74. The average molecular weight is 559 g/mol. The fourth-order valence-corrected chi connectivity index (χ4v) is 4.58. The quantitative estimate of drug-likeness (QED) is 0.152. The van der Waals surface area contributed by atoms with Crippen molar-refractivity contribution in [1.29, 1.82) is 0 Å². The number of furan rings is 1. The largest absolute Gasteiger partial charge is 0.463 e. The normalized spacial score (nSPS) is 20.1. The molecule has 0 amide bonds. The highest BCUT2D eigenvalue weighted by molar-refractivity contribution is 5.74. The summed E-state index contributed by atoms with van der Waals surface area (Å²) in [5.74, 6) is 4.55. The van der Waals surface area contributed by atoms with Gasteiger partial charge in [0, 0.05) is 39.5 Å². The number of hydrogen-bond acceptors (Lipinski definition) is 10. The third kappa shape index (κ3) is 8.95. The van der Waals surface area contributed by atoms with Crippen molar-refractivity contribution < 1.29 is 37.7 Å². The number of rotatable bonds is 13. The number of unbranched alkanes of at least 4 members (excludes halogenated alkanes) is 8. The first-order valence-electron chi connectivity index (χ1n) is 13.8. The predicted octanol–water partition coefficient (Wildman–Crippen LogP) is 4.20. The first kappa shape index (κ1) is 30.9. The van der Waals surface area contributed by atoms with Crippen molar-refractivity contribution in [1.82, 2.24) is 9.55 Å². The zero-order valence-corrected chi connectivity index (χ0v) is 23.6. The smallest absolute Gasteiger partial charge is 0.353 e. The highest BCUT2D eigenvalue weighted by Gasteiger charge is 2.51. The second kappa shape index (κ2) is 15.2. The molecule has 1 aliphatic heterocycles. The Morgan fingerprint density at radius 1 is 0.950 bits per heavy atom. The van der Waals surface area contributed by atoms with Gasteiger partial charge in [0.05, 0.1) is 5.39 Å². The molecule has 2 aromatic rings. The first-order valence-corrected chi connectivity index (χ1v) is 13.8. The first-order chi connectivity index (χ1) is 19.2. The molecule has 0 saturated carbocycles. The summed E-state index contributed by atoms with van der Waals surface area (Å²) >= 11 is 0. The Morgan fingerprint density at radius 2 is 1.60 bits per heavy atom. The van der Waals surface area contributed by atoms with Crippen LogP contribution in [0.5, 0.6) is 0 Å². The Kier molecular flexibility index (Phi) is 11.8. The fraction of sp³-hybridized carbons (Fsp3) is 0.621. The Bertz CT molecular complexity index is 1290. The van der Waals surface area contributed by atoms with E-state index in [1.54, 1.807) is 6.07 Å². The van der Waals surface area contributed by atoms with Gasteiger partial charge in [-0.2, -0.15) is 4.98 Å². The van der Waals surface area contributed by atoms with E-state index in [0.29, 0.717) is 11.1 Å². The zero-order valence-electron chi connectivity index (χ0n) is 23.6. The molecule has 2 aromatic heterocycles. The van der Waals surface area contributed by atoms with Crippen LogP contribution in [0.3, 0.4) is 0 Å². The number of fused-ring (bicyclic) bond motifs is 1. The fourth-order valence-electron chi connectivity index (χ4n) is 4.58. The number of aromatic nitrogens is 2. The summed E-state index contributed by atoms with van der Waals surface area (Å²) in [7, 11) is 0. The molecule has 0 unspecified atom stereocenters. The predicted molar refractivity (Wildman–Crippen MR) is 144 cm³/mol. The van der Waals surface area contributed by atoms with Crippen molar-refractivity contribution in [3.05, 3.63) is 28.5 Å². The third-order valence-electron chi connectivity index (χ3n) is 6.42. The van der Waals surface area contributed by atoms with Crippen molar-refractivity contribution in [2.75, 3.05) is 6.61 Å². The van der Waals surface area contributed by atoms with Crippen molar-refractivity contribution in [2.24, 2.45) is 0 Å². The third-order valence-corrected chi connectivity index (χ3v) is 6.42. The van der Waals surface area contributed by atoms with Gasteiger partial charge in [-0.3, -0.25) is 19.0 Å². The van der Waals surface area contributed by atoms with Gasteiger partial charge in [-0.05, 0) is 12.3 Å². The average Bonchev–Trinajstić information content (AvgIpc) is 3.42. The van der Waals surface area contributed by atoms with E-state index in [1.165, 1.54) is 65.5 Å². The molecular weight excluding hydrogens is 520 g/mol. The number of nitrogens with zero attached hydrogens (tertiary/aromatic N) is 2. The second-order valence-electron chi connectivity index (χ2n) is 9.84. The van der Waals surface area contributed by atoms with Gasteiger partial charge in [0.1, 0.15) is 12.7 Å². The Labute approximate surface area is 233 Å². The highest BCUT2D eigenvalue weighted by atomic mass is 16.7. The zero-order chi connectivity index (χ0) is 29.1. The van der Waals surface area contributed by atoms with E-state index < -0.39 is 48.1 Å². The van der Waals surface area contributed by atoms with Crippen molar-refractivity contribution in [3.8, 4) is 11.8 Å². The summed E-state index contributed by atoms with van der Waals surface area (Å²) in [6.45, 7) is 5.51. The molecule has 0 aromatic carbocycles. The van der Waals surface area contributed by atoms with Crippen molar-refractivity contribution in [3.63, 3.8) is 0 Å². The van der Waals surface area contributed by atoms with E-state index >= 15 is 0 Å². The van der Waals surface area contributed by atoms with Crippen LogP contribution < -0.4 is 5.69 Å². The van der Waals surface area contributed by atoms with Gasteiger partial charge in [-0.15, -0.1) is 0 Å². The summed E-state index contributed by atoms with van der Waals surface area (Å²) in [5, 5.41) is 0.480.